The Hall–Kier alpha value is -1.57. The van der Waals surface area contributed by atoms with Crippen LogP contribution in [-0.4, -0.2) is 92.0 Å². The Bertz CT molecular complexity index is 631. The first-order chi connectivity index (χ1) is 20.7. The Kier molecular flexibility index (Phi) is 35.2. The van der Waals surface area contributed by atoms with Crippen molar-refractivity contribution in [2.24, 2.45) is 0 Å². The molecule has 0 bridgehead atoms. The van der Waals surface area contributed by atoms with Gasteiger partial charge in [-0.1, -0.05) is 81.0 Å². The highest BCUT2D eigenvalue weighted by Gasteiger charge is 2.23. The van der Waals surface area contributed by atoms with Crippen molar-refractivity contribution in [1.29, 1.82) is 0 Å². The lowest BCUT2D eigenvalue weighted by Gasteiger charge is -2.36. The molecule has 260 valence electrons. The third kappa shape index (κ3) is 29.2. The summed E-state index contributed by atoms with van der Waals surface area (Å²) < 4.78 is 12.0. The van der Waals surface area contributed by atoms with Gasteiger partial charge in [0, 0.05) is 0 Å². The van der Waals surface area contributed by atoms with Crippen LogP contribution in [0.3, 0.4) is 0 Å². The topological polar surface area (TPSA) is 86.2 Å². The molecule has 44 heavy (non-hydrogen) atoms. The second kappa shape index (κ2) is 31.4. The van der Waals surface area contributed by atoms with Gasteiger partial charge in [-0.15, -0.1) is 0 Å². The highest BCUT2D eigenvalue weighted by Crippen LogP contribution is 2.12. The molecule has 0 rings (SSSR count). The minimum absolute atomic E-state index is 1.08. The standard InChI is InChI=1S/3C12H24N.H3O4P/c3*1-5-9-13(10-6-2,11-7-3)12-8-4;1-5(2,3)4/h3*5-6H,1-2,7-12H2,3-4H3;(H3,1,2,3,4)/q3*+1;/p-3. The number of rotatable bonds is 24. The zero-order valence-electron chi connectivity index (χ0n) is 29.9. The first-order valence-electron chi connectivity index (χ1n) is 16.7. The maximum absolute atomic E-state index is 8.55. The summed E-state index contributed by atoms with van der Waals surface area (Å²) in [7, 11) is -5.39. The molecule has 0 aromatic carbocycles. The van der Waals surface area contributed by atoms with Gasteiger partial charge in [0.2, 0.25) is 0 Å². The van der Waals surface area contributed by atoms with Gasteiger partial charge < -0.3 is 32.7 Å². The van der Waals surface area contributed by atoms with Gasteiger partial charge in [-0.25, -0.2) is 0 Å². The van der Waals surface area contributed by atoms with Crippen LogP contribution < -0.4 is 14.7 Å². The van der Waals surface area contributed by atoms with Crippen LogP contribution >= 0.6 is 7.82 Å². The molecule has 0 radical (unpaired) electrons. The molecule has 0 heterocycles. The number of hydrogen-bond donors (Lipinski definition) is 0. The first-order valence-corrected chi connectivity index (χ1v) is 18.1. The number of hydrogen-bond acceptors (Lipinski definition) is 4. The Morgan fingerprint density at radius 1 is 0.409 bits per heavy atom. The predicted molar refractivity (Wildman–Crippen MR) is 190 cm³/mol. The number of nitrogens with zero attached hydrogens (tertiary/aromatic N) is 3. The zero-order chi connectivity index (χ0) is 35.0. The summed E-state index contributed by atoms with van der Waals surface area (Å²) in [6.45, 7) is 50.4. The van der Waals surface area contributed by atoms with E-state index >= 15 is 0 Å². The van der Waals surface area contributed by atoms with Gasteiger partial charge in [-0.3, -0.25) is 0 Å². The van der Waals surface area contributed by atoms with E-state index < -0.39 is 7.82 Å². The van der Waals surface area contributed by atoms with Crippen LogP contribution in [0.4, 0.5) is 0 Å². The molecule has 0 fully saturated rings. The van der Waals surface area contributed by atoms with Crippen molar-refractivity contribution in [3.63, 3.8) is 0 Å². The molecule has 7 nitrogen and oxygen atoms in total. The normalized spacial score (nSPS) is 11.3. The molecule has 0 amide bonds. The smallest absolute Gasteiger partial charge is 0.0973 e. The Morgan fingerprint density at radius 3 is 0.591 bits per heavy atom. The molecule has 0 aromatic heterocycles. The first kappa shape index (κ1) is 49.3. The van der Waals surface area contributed by atoms with E-state index in [0.717, 1.165) is 52.7 Å². The van der Waals surface area contributed by atoms with Crippen LogP contribution in [-0.2, 0) is 4.57 Å². The van der Waals surface area contributed by atoms with Crippen molar-refractivity contribution in [2.45, 2.75) is 80.1 Å². The lowest BCUT2D eigenvalue weighted by atomic mass is 10.2. The molecule has 0 spiro atoms. The number of quaternary nitrogens is 3. The highest BCUT2D eigenvalue weighted by molar-refractivity contribution is 7.40. The van der Waals surface area contributed by atoms with Gasteiger partial charge in [0.25, 0.3) is 0 Å². The maximum atomic E-state index is 8.55. The molecule has 0 N–H and O–H groups in total. The summed E-state index contributed by atoms with van der Waals surface area (Å²) in [4.78, 5) is 25.6. The molecule has 0 aliphatic carbocycles. The van der Waals surface area contributed by atoms with Gasteiger partial charge in [-0.05, 0) is 75.0 Å². The second-order valence-electron chi connectivity index (χ2n) is 11.6. The summed E-state index contributed by atoms with van der Waals surface area (Å²) in [5.41, 5.74) is 0. The van der Waals surface area contributed by atoms with Crippen LogP contribution in [0.15, 0.2) is 75.9 Å². The van der Waals surface area contributed by atoms with Crippen LogP contribution in [0.1, 0.15) is 80.1 Å². The van der Waals surface area contributed by atoms with Crippen LogP contribution in [0.2, 0.25) is 0 Å². The third-order valence-electron chi connectivity index (χ3n) is 7.29. The van der Waals surface area contributed by atoms with E-state index in [2.05, 4.69) is 81.0 Å². The van der Waals surface area contributed by atoms with E-state index in [4.69, 9.17) is 19.2 Å². The molecular formula is C36H72N3O4P. The number of phosphoric acid groups is 1. The summed E-state index contributed by atoms with van der Waals surface area (Å²) in [5, 5.41) is 0. The van der Waals surface area contributed by atoms with E-state index in [1.54, 1.807) is 0 Å². The fourth-order valence-electron chi connectivity index (χ4n) is 6.14. The van der Waals surface area contributed by atoms with Crippen LogP contribution in [0.5, 0.6) is 0 Å². The Balaban J connectivity index is -0.000000253. The molecule has 0 aromatic rings. The van der Waals surface area contributed by atoms with Gasteiger partial charge in [-0.2, -0.15) is 7.82 Å². The van der Waals surface area contributed by atoms with Crippen LogP contribution in [0.25, 0.3) is 0 Å². The fourth-order valence-corrected chi connectivity index (χ4v) is 6.14. The van der Waals surface area contributed by atoms with Crippen molar-refractivity contribution in [3.8, 4) is 0 Å². The maximum Gasteiger partial charge on any atom is 0.0973 e. The van der Waals surface area contributed by atoms with Gasteiger partial charge in [0.15, 0.2) is 0 Å². The lowest BCUT2D eigenvalue weighted by Crippen LogP contribution is -2.49. The van der Waals surface area contributed by atoms with Crippen molar-refractivity contribution < 1.29 is 32.7 Å². The summed E-state index contributed by atoms with van der Waals surface area (Å²) in [6.07, 6.45) is 19.6. The fraction of sp³-hybridized carbons (Fsp3) is 0.667. The molecule has 0 aliphatic heterocycles. The molecule has 0 unspecified atom stereocenters. The van der Waals surface area contributed by atoms with E-state index in [9.17, 15) is 0 Å². The summed E-state index contributed by atoms with van der Waals surface area (Å²) in [6, 6.07) is 0. The molecule has 0 aliphatic rings. The van der Waals surface area contributed by atoms with E-state index in [1.807, 2.05) is 36.5 Å². The highest BCUT2D eigenvalue weighted by atomic mass is 31.2. The van der Waals surface area contributed by atoms with E-state index in [1.165, 1.54) is 77.8 Å². The average Bonchev–Trinajstić information content (AvgIpc) is 2.90. The zero-order valence-corrected chi connectivity index (χ0v) is 30.8. The molecule has 8 heteroatoms. The molecule has 0 atom stereocenters. The molecule has 0 saturated carbocycles. The van der Waals surface area contributed by atoms with Crippen LogP contribution in [0, 0.1) is 0 Å². The second-order valence-corrected chi connectivity index (χ2v) is 12.5. The summed E-state index contributed by atoms with van der Waals surface area (Å²) >= 11 is 0. The Morgan fingerprint density at radius 2 is 0.523 bits per heavy atom. The molecule has 0 saturated heterocycles. The quantitative estimate of drug-likeness (QED) is 0.0718. The minimum Gasteiger partial charge on any atom is -0.822 e. The van der Waals surface area contributed by atoms with Gasteiger partial charge in [0.1, 0.15) is 0 Å². The van der Waals surface area contributed by atoms with Gasteiger partial charge >= 0.3 is 0 Å². The van der Waals surface area contributed by atoms with Crippen molar-refractivity contribution in [2.75, 3.05) is 78.5 Å². The average molecular weight is 642 g/mol. The minimum atomic E-state index is -5.39. The van der Waals surface area contributed by atoms with E-state index in [-0.39, 0.29) is 0 Å². The largest absolute Gasteiger partial charge is 0.822 e. The lowest BCUT2D eigenvalue weighted by molar-refractivity contribution is -0.917. The summed E-state index contributed by atoms with van der Waals surface area (Å²) in [5.74, 6) is 0. The van der Waals surface area contributed by atoms with Gasteiger partial charge in [0.05, 0.1) is 78.5 Å². The SMILES string of the molecule is C=CC[N+](CC=C)(CCC)CCC.C=CC[N+](CC=C)(CCC)CCC.C=CC[N+](CC=C)(CCC)CCC.O=P([O-])([O-])[O-]. The predicted octanol–water partition coefficient (Wildman–Crippen LogP) is 6.16. The van der Waals surface area contributed by atoms with E-state index in [0.29, 0.717) is 0 Å². The van der Waals surface area contributed by atoms with Crippen molar-refractivity contribution in [1.82, 2.24) is 0 Å². The van der Waals surface area contributed by atoms with Crippen molar-refractivity contribution in [3.05, 3.63) is 75.9 Å². The van der Waals surface area contributed by atoms with Crippen molar-refractivity contribution >= 4 is 7.82 Å². The molecular weight excluding hydrogens is 569 g/mol. The monoisotopic (exact) mass is 642 g/mol. The third-order valence-corrected chi connectivity index (χ3v) is 7.29. The Labute approximate surface area is 274 Å².